The molecule has 2 aromatic heterocycles. The van der Waals surface area contributed by atoms with E-state index in [1.54, 1.807) is 6.20 Å². The van der Waals surface area contributed by atoms with Crippen LogP contribution in [0.5, 0.6) is 0 Å². The molecule has 0 aliphatic carbocycles. The van der Waals surface area contributed by atoms with Crippen LogP contribution in [0.1, 0.15) is 36.8 Å². The standard InChI is InChI=1S/C22H29N3O2/c1-3-19(15-23-9-1)17-25-11-7-22(8-12-25)21(6-14-27-22)5-13-26-18-20-4-2-10-24-16-20/h1-4,9-10,15-16,21H,5-8,11-14,17-18H2/t21-/m1/s1. The van der Waals surface area contributed by atoms with Gasteiger partial charge in [-0.05, 0) is 54.9 Å². The average Bonchev–Trinajstić information content (AvgIpc) is 3.11. The molecule has 2 fully saturated rings. The molecule has 2 aliphatic heterocycles. The molecule has 0 unspecified atom stereocenters. The van der Waals surface area contributed by atoms with E-state index in [1.807, 2.05) is 30.7 Å². The second-order valence-corrected chi connectivity index (χ2v) is 7.74. The van der Waals surface area contributed by atoms with Crippen molar-refractivity contribution < 1.29 is 9.47 Å². The third kappa shape index (κ3) is 4.72. The monoisotopic (exact) mass is 367 g/mol. The molecule has 1 spiro atoms. The highest BCUT2D eigenvalue weighted by molar-refractivity contribution is 5.09. The Morgan fingerprint density at radius 3 is 2.52 bits per heavy atom. The van der Waals surface area contributed by atoms with E-state index in [2.05, 4.69) is 27.0 Å². The molecule has 2 saturated heterocycles. The minimum absolute atomic E-state index is 0.0725. The van der Waals surface area contributed by atoms with Gasteiger partial charge in [0.2, 0.25) is 0 Å². The van der Waals surface area contributed by atoms with Crippen LogP contribution in [-0.2, 0) is 22.6 Å². The maximum Gasteiger partial charge on any atom is 0.0736 e. The summed E-state index contributed by atoms with van der Waals surface area (Å²) in [7, 11) is 0. The second kappa shape index (κ2) is 8.91. The van der Waals surface area contributed by atoms with Gasteiger partial charge in [0.25, 0.3) is 0 Å². The number of hydrogen-bond donors (Lipinski definition) is 0. The highest BCUT2D eigenvalue weighted by Gasteiger charge is 2.45. The number of ether oxygens (including phenoxy) is 2. The first-order valence-electron chi connectivity index (χ1n) is 10.1. The summed E-state index contributed by atoms with van der Waals surface area (Å²) in [4.78, 5) is 10.9. The van der Waals surface area contributed by atoms with Crippen molar-refractivity contribution in [3.8, 4) is 0 Å². The molecular weight excluding hydrogens is 338 g/mol. The Morgan fingerprint density at radius 1 is 1.07 bits per heavy atom. The van der Waals surface area contributed by atoms with Crippen LogP contribution in [0, 0.1) is 5.92 Å². The average molecular weight is 367 g/mol. The molecule has 4 heterocycles. The molecule has 0 saturated carbocycles. The highest BCUT2D eigenvalue weighted by atomic mass is 16.5. The van der Waals surface area contributed by atoms with Gasteiger partial charge in [-0.2, -0.15) is 0 Å². The smallest absolute Gasteiger partial charge is 0.0736 e. The Labute approximate surface area is 161 Å². The zero-order chi connectivity index (χ0) is 18.4. The summed E-state index contributed by atoms with van der Waals surface area (Å²) >= 11 is 0. The lowest BCUT2D eigenvalue weighted by Gasteiger charge is -2.42. The van der Waals surface area contributed by atoms with E-state index < -0.39 is 0 Å². The molecule has 0 aromatic carbocycles. The van der Waals surface area contributed by atoms with Gasteiger partial charge in [-0.3, -0.25) is 14.9 Å². The van der Waals surface area contributed by atoms with Crippen LogP contribution in [0.4, 0.5) is 0 Å². The highest BCUT2D eigenvalue weighted by Crippen LogP contribution is 2.42. The molecular formula is C22H29N3O2. The molecule has 144 valence electrons. The number of likely N-dealkylation sites (tertiary alicyclic amines) is 1. The van der Waals surface area contributed by atoms with Gasteiger partial charge in [0.15, 0.2) is 0 Å². The van der Waals surface area contributed by atoms with Gasteiger partial charge < -0.3 is 9.47 Å². The SMILES string of the molecule is c1cncc(COCC[C@@H]2CCOC23CCN(Cc2cccnc2)CC3)c1. The van der Waals surface area contributed by atoms with Gasteiger partial charge in [0.05, 0.1) is 12.2 Å². The molecule has 5 nitrogen and oxygen atoms in total. The fourth-order valence-electron chi connectivity index (χ4n) is 4.48. The third-order valence-corrected chi connectivity index (χ3v) is 6.03. The Hall–Kier alpha value is -1.82. The van der Waals surface area contributed by atoms with Crippen LogP contribution in [-0.4, -0.2) is 46.8 Å². The predicted molar refractivity (Wildman–Crippen MR) is 104 cm³/mol. The molecule has 0 radical (unpaired) electrons. The predicted octanol–water partition coefficient (Wildman–Crippen LogP) is 3.45. The van der Waals surface area contributed by atoms with Crippen molar-refractivity contribution in [3.63, 3.8) is 0 Å². The third-order valence-electron chi connectivity index (χ3n) is 6.03. The number of piperidine rings is 1. The van der Waals surface area contributed by atoms with Crippen molar-refractivity contribution >= 4 is 0 Å². The van der Waals surface area contributed by atoms with Crippen molar-refractivity contribution in [2.24, 2.45) is 5.92 Å². The molecule has 0 N–H and O–H groups in total. The second-order valence-electron chi connectivity index (χ2n) is 7.74. The summed E-state index contributed by atoms with van der Waals surface area (Å²) < 4.78 is 12.2. The van der Waals surface area contributed by atoms with Crippen molar-refractivity contribution in [2.75, 3.05) is 26.3 Å². The molecule has 2 aliphatic rings. The quantitative estimate of drug-likeness (QED) is 0.702. The lowest BCUT2D eigenvalue weighted by molar-refractivity contribution is -0.0733. The van der Waals surface area contributed by atoms with E-state index in [4.69, 9.17) is 9.47 Å². The van der Waals surface area contributed by atoms with E-state index in [-0.39, 0.29) is 5.60 Å². The number of nitrogens with zero attached hydrogens (tertiary/aromatic N) is 3. The molecule has 0 bridgehead atoms. The lowest BCUT2D eigenvalue weighted by Crippen LogP contribution is -2.47. The van der Waals surface area contributed by atoms with Gasteiger partial charge >= 0.3 is 0 Å². The molecule has 27 heavy (non-hydrogen) atoms. The summed E-state index contributed by atoms with van der Waals surface area (Å²) in [6.45, 7) is 5.53. The first kappa shape index (κ1) is 18.5. The summed E-state index contributed by atoms with van der Waals surface area (Å²) in [5.41, 5.74) is 2.50. The lowest BCUT2D eigenvalue weighted by atomic mass is 9.78. The maximum atomic E-state index is 6.30. The zero-order valence-electron chi connectivity index (χ0n) is 15.9. The topological polar surface area (TPSA) is 47.5 Å². The Kier molecular flexibility index (Phi) is 6.12. The zero-order valence-corrected chi connectivity index (χ0v) is 15.9. The van der Waals surface area contributed by atoms with E-state index >= 15 is 0 Å². The van der Waals surface area contributed by atoms with Crippen molar-refractivity contribution in [2.45, 2.75) is 44.4 Å². The van der Waals surface area contributed by atoms with Crippen molar-refractivity contribution in [3.05, 3.63) is 60.2 Å². The largest absolute Gasteiger partial charge is 0.377 e. The van der Waals surface area contributed by atoms with Gasteiger partial charge in [0.1, 0.15) is 0 Å². The van der Waals surface area contributed by atoms with Gasteiger partial charge in [-0.15, -0.1) is 0 Å². The van der Waals surface area contributed by atoms with Crippen molar-refractivity contribution in [1.29, 1.82) is 0 Å². The fourth-order valence-corrected chi connectivity index (χ4v) is 4.48. The van der Waals surface area contributed by atoms with Gasteiger partial charge in [0, 0.05) is 57.6 Å². The Morgan fingerprint density at radius 2 is 1.81 bits per heavy atom. The van der Waals surface area contributed by atoms with E-state index in [0.717, 1.165) is 57.7 Å². The minimum Gasteiger partial charge on any atom is -0.377 e. The van der Waals surface area contributed by atoms with Crippen LogP contribution in [0.25, 0.3) is 0 Å². The van der Waals surface area contributed by atoms with Crippen LogP contribution in [0.2, 0.25) is 0 Å². The molecule has 4 rings (SSSR count). The molecule has 2 aromatic rings. The van der Waals surface area contributed by atoms with Gasteiger partial charge in [-0.25, -0.2) is 0 Å². The molecule has 5 heteroatoms. The van der Waals surface area contributed by atoms with E-state index in [9.17, 15) is 0 Å². The Balaban J connectivity index is 1.23. The number of rotatable bonds is 7. The van der Waals surface area contributed by atoms with Crippen LogP contribution in [0.3, 0.4) is 0 Å². The first-order valence-corrected chi connectivity index (χ1v) is 10.1. The van der Waals surface area contributed by atoms with Crippen LogP contribution >= 0.6 is 0 Å². The van der Waals surface area contributed by atoms with Crippen molar-refractivity contribution in [1.82, 2.24) is 14.9 Å². The number of hydrogen-bond acceptors (Lipinski definition) is 5. The van der Waals surface area contributed by atoms with Gasteiger partial charge in [-0.1, -0.05) is 12.1 Å². The number of aromatic nitrogens is 2. The summed E-state index contributed by atoms with van der Waals surface area (Å²) in [6.07, 6.45) is 12.0. The summed E-state index contributed by atoms with van der Waals surface area (Å²) in [5.74, 6) is 0.618. The summed E-state index contributed by atoms with van der Waals surface area (Å²) in [6, 6.07) is 8.19. The minimum atomic E-state index is 0.0725. The van der Waals surface area contributed by atoms with Crippen LogP contribution < -0.4 is 0 Å². The van der Waals surface area contributed by atoms with Crippen LogP contribution in [0.15, 0.2) is 49.1 Å². The number of pyridine rings is 2. The van der Waals surface area contributed by atoms with E-state index in [0.29, 0.717) is 12.5 Å². The normalized spacial score (nSPS) is 22.3. The summed E-state index contributed by atoms with van der Waals surface area (Å²) in [5, 5.41) is 0. The maximum absolute atomic E-state index is 6.30. The Bertz CT molecular complexity index is 687. The molecule has 1 atom stereocenters. The molecule has 0 amide bonds. The fraction of sp³-hybridized carbons (Fsp3) is 0.545. The van der Waals surface area contributed by atoms with E-state index in [1.165, 1.54) is 12.0 Å². The first-order chi connectivity index (χ1) is 13.3.